The van der Waals surface area contributed by atoms with E-state index in [1.807, 2.05) is 112 Å². The van der Waals surface area contributed by atoms with Crippen molar-refractivity contribution in [1.82, 2.24) is 0 Å². The third-order valence-corrected chi connectivity index (χ3v) is 8.75. The Morgan fingerprint density at radius 2 is 1.10 bits per heavy atom. The van der Waals surface area contributed by atoms with Crippen LogP contribution in [0, 0.1) is 20.8 Å². The molecule has 0 radical (unpaired) electrons. The molecule has 0 N–H and O–H groups in total. The van der Waals surface area contributed by atoms with Crippen molar-refractivity contribution in [2.24, 2.45) is 0 Å². The summed E-state index contributed by atoms with van der Waals surface area (Å²) in [5.41, 5.74) is 4.18. The van der Waals surface area contributed by atoms with Crippen molar-refractivity contribution < 1.29 is 9.36 Å². The number of benzene rings is 4. The molecule has 154 valence electrons. The highest BCUT2D eigenvalue weighted by molar-refractivity contribution is 7.85. The smallest absolute Gasteiger partial charge is 0.194 e. The predicted octanol–water partition coefficient (Wildman–Crippen LogP) is 5.48. The first-order valence-electron chi connectivity index (χ1n) is 10.4. The Kier molecular flexibility index (Phi) is 5.76. The maximum Gasteiger partial charge on any atom is 0.194 e. The standard InChI is InChI=1S/C28H25O2P/c1-20-18-21(2)27(22(3)19-20)28(29)25-16-10-11-17-26(25)31(30,23-12-6-4-7-13-23)24-14-8-5-9-15-24/h4-19H,1-3H3. The molecule has 0 atom stereocenters. The SMILES string of the molecule is Cc1cc(C)c(C(=O)c2ccccc2P(=O)(c2ccccc2)c2ccccc2)c(C)c1. The number of hydrogen-bond donors (Lipinski definition) is 0. The average Bonchev–Trinajstić information content (AvgIpc) is 2.79. The lowest BCUT2D eigenvalue weighted by atomic mass is 9.93. The van der Waals surface area contributed by atoms with Gasteiger partial charge in [0.15, 0.2) is 12.9 Å². The number of carbonyl (C=O) groups excluding carboxylic acids is 1. The molecule has 0 saturated carbocycles. The highest BCUT2D eigenvalue weighted by atomic mass is 31.2. The van der Waals surface area contributed by atoms with E-state index in [9.17, 15) is 9.36 Å². The molecule has 2 nitrogen and oxygen atoms in total. The molecule has 0 aliphatic rings. The Morgan fingerprint density at radius 3 is 1.61 bits per heavy atom. The minimum atomic E-state index is -3.25. The summed E-state index contributed by atoms with van der Waals surface area (Å²) in [6.07, 6.45) is 0. The fourth-order valence-electron chi connectivity index (χ4n) is 4.32. The van der Waals surface area contributed by atoms with Crippen LogP contribution in [0.2, 0.25) is 0 Å². The van der Waals surface area contributed by atoms with Gasteiger partial charge in [-0.2, -0.15) is 0 Å². The number of aryl methyl sites for hydroxylation is 3. The van der Waals surface area contributed by atoms with Gasteiger partial charge in [-0.1, -0.05) is 103 Å². The number of hydrogen-bond acceptors (Lipinski definition) is 2. The van der Waals surface area contributed by atoms with Crippen LogP contribution in [-0.2, 0) is 4.57 Å². The molecular weight excluding hydrogens is 399 g/mol. The summed E-state index contributed by atoms with van der Waals surface area (Å²) in [5, 5.41) is 2.02. The molecule has 0 unspecified atom stereocenters. The Balaban J connectivity index is 1.99. The molecule has 0 amide bonds. The number of rotatable bonds is 5. The summed E-state index contributed by atoms with van der Waals surface area (Å²) in [4.78, 5) is 13.8. The van der Waals surface area contributed by atoms with Crippen molar-refractivity contribution in [2.45, 2.75) is 20.8 Å². The zero-order valence-electron chi connectivity index (χ0n) is 18.0. The van der Waals surface area contributed by atoms with Crippen LogP contribution in [0.4, 0.5) is 0 Å². The first kappa shape index (κ1) is 21.0. The van der Waals surface area contributed by atoms with Crippen LogP contribution in [0.25, 0.3) is 0 Å². The molecule has 31 heavy (non-hydrogen) atoms. The second-order valence-corrected chi connectivity index (χ2v) is 10.6. The van der Waals surface area contributed by atoms with E-state index in [4.69, 9.17) is 0 Å². The van der Waals surface area contributed by atoms with E-state index in [-0.39, 0.29) is 5.78 Å². The molecule has 0 aliphatic heterocycles. The maximum atomic E-state index is 14.8. The van der Waals surface area contributed by atoms with Gasteiger partial charge in [0, 0.05) is 27.0 Å². The Hall–Kier alpha value is -3.22. The van der Waals surface area contributed by atoms with Gasteiger partial charge in [0.05, 0.1) is 0 Å². The van der Waals surface area contributed by atoms with Crippen molar-refractivity contribution in [3.8, 4) is 0 Å². The van der Waals surface area contributed by atoms with Gasteiger partial charge in [-0.3, -0.25) is 4.79 Å². The third-order valence-electron chi connectivity index (χ3n) is 5.63. The van der Waals surface area contributed by atoms with Gasteiger partial charge >= 0.3 is 0 Å². The van der Waals surface area contributed by atoms with Crippen molar-refractivity contribution >= 4 is 28.8 Å². The summed E-state index contributed by atoms with van der Waals surface area (Å²) in [6.45, 7) is 5.95. The zero-order chi connectivity index (χ0) is 22.0. The molecule has 0 bridgehead atoms. The average molecular weight is 424 g/mol. The van der Waals surface area contributed by atoms with E-state index in [0.29, 0.717) is 16.4 Å². The Morgan fingerprint density at radius 1 is 0.645 bits per heavy atom. The minimum absolute atomic E-state index is 0.0855. The molecule has 3 heteroatoms. The van der Waals surface area contributed by atoms with Gasteiger partial charge in [0.1, 0.15) is 0 Å². The van der Waals surface area contributed by atoms with Gasteiger partial charge < -0.3 is 4.57 Å². The Bertz CT molecular complexity index is 1220. The van der Waals surface area contributed by atoms with Crippen LogP contribution >= 0.6 is 7.14 Å². The van der Waals surface area contributed by atoms with E-state index < -0.39 is 7.14 Å². The summed E-state index contributed by atoms with van der Waals surface area (Å²) in [6, 6.07) is 30.3. The lowest BCUT2D eigenvalue weighted by Crippen LogP contribution is -2.29. The maximum absolute atomic E-state index is 14.8. The molecule has 0 aliphatic carbocycles. The number of ketones is 1. The van der Waals surface area contributed by atoms with Gasteiger partial charge in [-0.25, -0.2) is 0 Å². The molecule has 0 aromatic heterocycles. The van der Waals surface area contributed by atoms with Crippen molar-refractivity contribution in [3.05, 3.63) is 125 Å². The first-order valence-corrected chi connectivity index (χ1v) is 12.1. The molecule has 0 spiro atoms. The first-order chi connectivity index (χ1) is 14.9. The summed E-state index contributed by atoms with van der Waals surface area (Å²) in [7, 11) is -3.25. The lowest BCUT2D eigenvalue weighted by Gasteiger charge is -2.23. The van der Waals surface area contributed by atoms with Crippen molar-refractivity contribution in [3.63, 3.8) is 0 Å². The van der Waals surface area contributed by atoms with Crippen LogP contribution in [0.15, 0.2) is 97.1 Å². The topological polar surface area (TPSA) is 34.1 Å². The molecule has 0 fully saturated rings. The molecule has 4 aromatic carbocycles. The highest BCUT2D eigenvalue weighted by Gasteiger charge is 2.33. The molecule has 0 saturated heterocycles. The van der Waals surface area contributed by atoms with Crippen LogP contribution in [0.5, 0.6) is 0 Å². The lowest BCUT2D eigenvalue weighted by molar-refractivity contribution is 0.103. The van der Waals surface area contributed by atoms with Crippen molar-refractivity contribution in [2.75, 3.05) is 0 Å². The van der Waals surface area contributed by atoms with E-state index in [2.05, 4.69) is 0 Å². The van der Waals surface area contributed by atoms with E-state index in [1.54, 1.807) is 6.07 Å². The fraction of sp³-hybridized carbons (Fsp3) is 0.107. The second-order valence-electron chi connectivity index (χ2n) is 7.90. The van der Waals surface area contributed by atoms with Crippen LogP contribution in [0.1, 0.15) is 32.6 Å². The fourth-order valence-corrected chi connectivity index (χ4v) is 7.17. The van der Waals surface area contributed by atoms with Crippen LogP contribution < -0.4 is 15.9 Å². The van der Waals surface area contributed by atoms with E-state index in [1.165, 1.54) is 0 Å². The minimum Gasteiger partial charge on any atom is -0.309 e. The van der Waals surface area contributed by atoms with E-state index >= 15 is 0 Å². The zero-order valence-corrected chi connectivity index (χ0v) is 18.9. The molecule has 4 rings (SSSR count). The largest absolute Gasteiger partial charge is 0.309 e. The highest BCUT2D eigenvalue weighted by Crippen LogP contribution is 2.43. The van der Waals surface area contributed by atoms with Crippen LogP contribution in [-0.4, -0.2) is 5.78 Å². The second kappa shape index (κ2) is 8.49. The molecular formula is C28H25O2P. The van der Waals surface area contributed by atoms with Gasteiger partial charge in [0.2, 0.25) is 0 Å². The summed E-state index contributed by atoms with van der Waals surface area (Å²) in [5.74, 6) is -0.0855. The quantitative estimate of drug-likeness (QED) is 0.314. The third kappa shape index (κ3) is 3.80. The summed E-state index contributed by atoms with van der Waals surface area (Å²) >= 11 is 0. The van der Waals surface area contributed by atoms with E-state index in [0.717, 1.165) is 27.3 Å². The Labute approximate surface area is 184 Å². The van der Waals surface area contributed by atoms with Crippen LogP contribution in [0.3, 0.4) is 0 Å². The van der Waals surface area contributed by atoms with Crippen molar-refractivity contribution in [1.29, 1.82) is 0 Å². The monoisotopic (exact) mass is 424 g/mol. The molecule has 0 heterocycles. The summed E-state index contributed by atoms with van der Waals surface area (Å²) < 4.78 is 14.8. The van der Waals surface area contributed by atoms with Gasteiger partial charge in [-0.05, 0) is 31.9 Å². The van der Waals surface area contributed by atoms with Gasteiger partial charge in [0.25, 0.3) is 0 Å². The predicted molar refractivity (Wildman–Crippen MR) is 130 cm³/mol. The van der Waals surface area contributed by atoms with Gasteiger partial charge in [-0.15, -0.1) is 0 Å². The molecule has 4 aromatic rings. The normalized spacial score (nSPS) is 11.3. The number of carbonyl (C=O) groups is 1.